The van der Waals surface area contributed by atoms with E-state index in [1.54, 1.807) is 0 Å². The summed E-state index contributed by atoms with van der Waals surface area (Å²) in [6, 6.07) is 0. The Balaban J connectivity index is 2.53. The highest BCUT2D eigenvalue weighted by Gasteiger charge is 2.35. The molecule has 3 nitrogen and oxygen atoms in total. The molecule has 1 aliphatic carbocycles. The van der Waals surface area contributed by atoms with Crippen LogP contribution in [0.4, 0.5) is 0 Å². The highest BCUT2D eigenvalue weighted by molar-refractivity contribution is 5.79. The first kappa shape index (κ1) is 15.2. The van der Waals surface area contributed by atoms with Crippen molar-refractivity contribution in [2.24, 2.45) is 11.3 Å². The van der Waals surface area contributed by atoms with Gasteiger partial charge >= 0.3 is 5.97 Å². The topological polar surface area (TPSA) is 43.4 Å². The lowest BCUT2D eigenvalue weighted by molar-refractivity contribution is -0.158. The van der Waals surface area contributed by atoms with Gasteiger partial charge in [-0.25, -0.2) is 0 Å². The predicted molar refractivity (Wildman–Crippen MR) is 71.2 cm³/mol. The summed E-state index contributed by atoms with van der Waals surface area (Å²) >= 11 is 0. The molecular weight excluding hydrogens is 228 g/mol. The minimum absolute atomic E-state index is 0.0803. The van der Waals surface area contributed by atoms with Crippen LogP contribution in [0.2, 0.25) is 0 Å². The van der Waals surface area contributed by atoms with Crippen LogP contribution in [0.3, 0.4) is 0 Å². The molecule has 0 aromatic carbocycles. The van der Waals surface area contributed by atoms with Gasteiger partial charge in [-0.1, -0.05) is 13.8 Å². The van der Waals surface area contributed by atoms with Crippen molar-refractivity contribution in [1.29, 1.82) is 0 Å². The summed E-state index contributed by atoms with van der Waals surface area (Å²) in [5.41, 5.74) is -0.501. The van der Waals surface area contributed by atoms with Gasteiger partial charge in [0.15, 0.2) is 0 Å². The van der Waals surface area contributed by atoms with Gasteiger partial charge in [-0.3, -0.25) is 9.59 Å². The van der Waals surface area contributed by atoms with Gasteiger partial charge in [0.05, 0.1) is 6.42 Å². The van der Waals surface area contributed by atoms with Crippen molar-refractivity contribution in [2.45, 2.75) is 72.3 Å². The van der Waals surface area contributed by atoms with Crippen molar-refractivity contribution in [3.05, 3.63) is 0 Å². The van der Waals surface area contributed by atoms with E-state index in [0.717, 1.165) is 12.8 Å². The van der Waals surface area contributed by atoms with Crippen molar-refractivity contribution in [2.75, 3.05) is 0 Å². The molecule has 0 atom stereocenters. The molecule has 0 aromatic heterocycles. The van der Waals surface area contributed by atoms with E-state index in [1.165, 1.54) is 0 Å². The summed E-state index contributed by atoms with van der Waals surface area (Å²) in [7, 11) is 0. The summed E-state index contributed by atoms with van der Waals surface area (Å²) in [5.74, 6) is 0.673. The number of Topliss-reactive ketones (excluding diaryl/α,β-unsaturated/α-hetero) is 1. The Hall–Kier alpha value is -0.860. The van der Waals surface area contributed by atoms with E-state index in [2.05, 4.69) is 13.8 Å². The van der Waals surface area contributed by atoms with Gasteiger partial charge in [0.1, 0.15) is 11.4 Å². The van der Waals surface area contributed by atoms with Gasteiger partial charge in [-0.05, 0) is 44.9 Å². The molecule has 1 aliphatic rings. The van der Waals surface area contributed by atoms with E-state index in [-0.39, 0.29) is 11.4 Å². The van der Waals surface area contributed by atoms with Crippen molar-refractivity contribution in [3.8, 4) is 0 Å². The van der Waals surface area contributed by atoms with Crippen LogP contribution in [0.1, 0.15) is 66.7 Å². The van der Waals surface area contributed by atoms with Crippen LogP contribution in [0, 0.1) is 11.3 Å². The number of rotatable bonds is 3. The molecule has 0 aliphatic heterocycles. The number of esters is 1. The Morgan fingerprint density at radius 2 is 1.67 bits per heavy atom. The standard InChI is InChI=1S/C15H26O3/c1-14(2,3)18-13(17)10-15(4,5)11-6-8-12(16)9-7-11/h11H,6-10H2,1-5H3. The second-order valence-corrected chi connectivity index (χ2v) is 7.06. The van der Waals surface area contributed by atoms with Crippen LogP contribution in [-0.4, -0.2) is 17.4 Å². The molecule has 0 heterocycles. The van der Waals surface area contributed by atoms with Gasteiger partial charge in [-0.15, -0.1) is 0 Å². The van der Waals surface area contributed by atoms with Crippen molar-refractivity contribution in [3.63, 3.8) is 0 Å². The zero-order valence-corrected chi connectivity index (χ0v) is 12.3. The molecule has 0 unspecified atom stereocenters. The molecule has 104 valence electrons. The van der Waals surface area contributed by atoms with Crippen molar-refractivity contribution >= 4 is 11.8 Å². The molecule has 1 fully saturated rings. The first-order valence-electron chi connectivity index (χ1n) is 6.84. The lowest BCUT2D eigenvalue weighted by Gasteiger charge is -2.36. The number of carbonyl (C=O) groups is 2. The molecule has 18 heavy (non-hydrogen) atoms. The van der Waals surface area contributed by atoms with Gasteiger partial charge in [0, 0.05) is 12.8 Å². The van der Waals surface area contributed by atoms with Crippen LogP contribution < -0.4 is 0 Å². The second kappa shape index (κ2) is 5.41. The summed E-state index contributed by atoms with van der Waals surface area (Å²) in [6.45, 7) is 9.88. The third-order valence-corrected chi connectivity index (χ3v) is 3.67. The molecule has 0 amide bonds. The van der Waals surface area contributed by atoms with E-state index in [1.807, 2.05) is 20.8 Å². The van der Waals surface area contributed by atoms with E-state index >= 15 is 0 Å². The number of hydrogen-bond donors (Lipinski definition) is 0. The number of ether oxygens (including phenoxy) is 1. The first-order chi connectivity index (χ1) is 8.10. The van der Waals surface area contributed by atoms with Gasteiger partial charge in [-0.2, -0.15) is 0 Å². The monoisotopic (exact) mass is 254 g/mol. The Labute approximate surface area is 110 Å². The largest absolute Gasteiger partial charge is 0.460 e. The fourth-order valence-corrected chi connectivity index (χ4v) is 2.62. The normalized spacial score (nSPS) is 18.8. The molecule has 0 spiro atoms. The van der Waals surface area contributed by atoms with Crippen LogP contribution >= 0.6 is 0 Å². The Bertz CT molecular complexity index is 313. The molecule has 0 N–H and O–H groups in total. The minimum atomic E-state index is -0.421. The smallest absolute Gasteiger partial charge is 0.306 e. The number of carbonyl (C=O) groups excluding carboxylic acids is 2. The predicted octanol–water partition coefficient (Wildman–Crippen LogP) is 3.50. The maximum Gasteiger partial charge on any atom is 0.306 e. The summed E-state index contributed by atoms with van der Waals surface area (Å²) < 4.78 is 5.38. The van der Waals surface area contributed by atoms with Crippen molar-refractivity contribution in [1.82, 2.24) is 0 Å². The van der Waals surface area contributed by atoms with E-state index in [4.69, 9.17) is 4.74 Å². The molecule has 3 heteroatoms. The van der Waals surface area contributed by atoms with Crippen LogP contribution in [0.25, 0.3) is 0 Å². The molecule has 0 saturated heterocycles. The zero-order chi connectivity index (χ0) is 14.0. The summed E-state index contributed by atoms with van der Waals surface area (Å²) in [4.78, 5) is 23.1. The van der Waals surface area contributed by atoms with E-state index in [0.29, 0.717) is 31.0 Å². The lowest BCUT2D eigenvalue weighted by atomic mass is 9.69. The Morgan fingerprint density at radius 1 is 1.17 bits per heavy atom. The average molecular weight is 254 g/mol. The zero-order valence-electron chi connectivity index (χ0n) is 12.3. The van der Waals surface area contributed by atoms with Crippen LogP contribution in [0.5, 0.6) is 0 Å². The molecule has 0 bridgehead atoms. The minimum Gasteiger partial charge on any atom is -0.460 e. The van der Waals surface area contributed by atoms with E-state index < -0.39 is 5.60 Å². The quantitative estimate of drug-likeness (QED) is 0.724. The fraction of sp³-hybridized carbons (Fsp3) is 0.867. The first-order valence-corrected chi connectivity index (χ1v) is 6.84. The molecule has 1 saturated carbocycles. The summed E-state index contributed by atoms with van der Waals surface area (Å²) in [6.07, 6.45) is 3.59. The maximum absolute atomic E-state index is 11.9. The SMILES string of the molecule is CC(C)(C)OC(=O)CC(C)(C)C1CCC(=O)CC1. The molecular formula is C15H26O3. The van der Waals surface area contributed by atoms with Crippen molar-refractivity contribution < 1.29 is 14.3 Å². The highest BCUT2D eigenvalue weighted by Crippen LogP contribution is 2.40. The lowest BCUT2D eigenvalue weighted by Crippen LogP contribution is -2.33. The Morgan fingerprint density at radius 3 is 2.11 bits per heavy atom. The maximum atomic E-state index is 11.9. The Kier molecular flexibility index (Phi) is 4.57. The van der Waals surface area contributed by atoms with Crippen LogP contribution in [0.15, 0.2) is 0 Å². The van der Waals surface area contributed by atoms with Crippen LogP contribution in [-0.2, 0) is 14.3 Å². The fourth-order valence-electron chi connectivity index (χ4n) is 2.62. The molecule has 1 rings (SSSR count). The summed E-state index contributed by atoms with van der Waals surface area (Å²) in [5, 5.41) is 0. The number of ketones is 1. The molecule has 0 aromatic rings. The third kappa shape index (κ3) is 4.79. The van der Waals surface area contributed by atoms with Gasteiger partial charge < -0.3 is 4.74 Å². The molecule has 0 radical (unpaired) electrons. The van der Waals surface area contributed by atoms with Gasteiger partial charge in [0.25, 0.3) is 0 Å². The number of hydrogen-bond acceptors (Lipinski definition) is 3. The average Bonchev–Trinajstić information content (AvgIpc) is 2.13. The van der Waals surface area contributed by atoms with E-state index in [9.17, 15) is 9.59 Å². The van der Waals surface area contributed by atoms with Gasteiger partial charge in [0.2, 0.25) is 0 Å². The third-order valence-electron chi connectivity index (χ3n) is 3.67. The second-order valence-electron chi connectivity index (χ2n) is 7.06. The highest BCUT2D eigenvalue weighted by atomic mass is 16.6.